The fourth-order valence-electron chi connectivity index (χ4n) is 2.77. The van der Waals surface area contributed by atoms with Gasteiger partial charge in [-0.1, -0.05) is 38.0 Å². The number of nitrogens with zero attached hydrogens (tertiary/aromatic N) is 1. The van der Waals surface area contributed by atoms with Crippen LogP contribution >= 0.6 is 0 Å². The number of rotatable bonds is 7. The van der Waals surface area contributed by atoms with E-state index in [4.69, 9.17) is 0 Å². The molecule has 1 heterocycles. The van der Waals surface area contributed by atoms with Gasteiger partial charge in [0.25, 0.3) is 10.0 Å². The summed E-state index contributed by atoms with van der Waals surface area (Å²) in [6.07, 6.45) is 6.20. The first-order valence-corrected chi connectivity index (χ1v) is 10.0. The number of aryl methyl sites for hydroxylation is 1. The molecule has 0 spiro atoms. The lowest BCUT2D eigenvalue weighted by molar-refractivity contribution is 0.601. The first kappa shape index (κ1) is 17.4. The highest BCUT2D eigenvalue weighted by atomic mass is 32.2. The average molecular weight is 354 g/mol. The number of hydrogen-bond donors (Lipinski definition) is 1. The summed E-state index contributed by atoms with van der Waals surface area (Å²) in [5, 5.41) is 0.897. The van der Waals surface area contributed by atoms with Crippen molar-refractivity contribution >= 4 is 26.6 Å². The number of fused-ring (bicyclic) bond motifs is 1. The highest BCUT2D eigenvalue weighted by Crippen LogP contribution is 2.21. The van der Waals surface area contributed by atoms with E-state index in [9.17, 15) is 8.42 Å². The molecule has 0 aliphatic heterocycles. The predicted octanol–water partition coefficient (Wildman–Crippen LogP) is 4.77. The average Bonchev–Trinajstić information content (AvgIpc) is 2.62. The van der Waals surface area contributed by atoms with Crippen LogP contribution in [0.3, 0.4) is 0 Å². The molecule has 0 saturated carbocycles. The predicted molar refractivity (Wildman–Crippen MR) is 102 cm³/mol. The lowest BCUT2D eigenvalue weighted by atomic mass is 10.1. The number of nitrogens with one attached hydrogen (secondary N) is 1. The van der Waals surface area contributed by atoms with Crippen molar-refractivity contribution in [1.29, 1.82) is 0 Å². The quantitative estimate of drug-likeness (QED) is 0.622. The number of benzene rings is 2. The lowest BCUT2D eigenvalue weighted by Gasteiger charge is -2.09. The van der Waals surface area contributed by atoms with Crippen molar-refractivity contribution in [3.63, 3.8) is 0 Å². The molecule has 0 aliphatic rings. The van der Waals surface area contributed by atoms with Crippen LogP contribution in [0.2, 0.25) is 0 Å². The van der Waals surface area contributed by atoms with E-state index >= 15 is 0 Å². The summed E-state index contributed by atoms with van der Waals surface area (Å²) in [5.74, 6) is 0. The largest absolute Gasteiger partial charge is 0.280 e. The first-order chi connectivity index (χ1) is 12.1. The molecule has 0 unspecified atom stereocenters. The number of hydrogen-bond acceptors (Lipinski definition) is 3. The molecule has 0 bridgehead atoms. The zero-order valence-corrected chi connectivity index (χ0v) is 15.1. The van der Waals surface area contributed by atoms with Crippen molar-refractivity contribution in [2.24, 2.45) is 0 Å². The topological polar surface area (TPSA) is 59.1 Å². The second-order valence-corrected chi connectivity index (χ2v) is 7.80. The Kier molecular flexibility index (Phi) is 5.34. The molecular weight excluding hydrogens is 332 g/mol. The van der Waals surface area contributed by atoms with Gasteiger partial charge in [-0.05, 0) is 54.8 Å². The summed E-state index contributed by atoms with van der Waals surface area (Å²) in [6.45, 7) is 2.17. The maximum Gasteiger partial charge on any atom is 0.261 e. The number of aromatic nitrogens is 1. The zero-order valence-electron chi connectivity index (χ0n) is 14.3. The minimum atomic E-state index is -3.59. The van der Waals surface area contributed by atoms with E-state index in [1.54, 1.807) is 30.5 Å². The van der Waals surface area contributed by atoms with Gasteiger partial charge >= 0.3 is 0 Å². The molecule has 3 rings (SSSR count). The van der Waals surface area contributed by atoms with Crippen molar-refractivity contribution in [2.45, 2.75) is 37.5 Å². The van der Waals surface area contributed by atoms with Gasteiger partial charge in [-0.3, -0.25) is 9.71 Å². The fourth-order valence-corrected chi connectivity index (χ4v) is 3.82. The van der Waals surface area contributed by atoms with E-state index < -0.39 is 10.0 Å². The van der Waals surface area contributed by atoms with Gasteiger partial charge in [0.15, 0.2) is 0 Å². The van der Waals surface area contributed by atoms with Crippen molar-refractivity contribution in [2.75, 3.05) is 4.72 Å². The van der Waals surface area contributed by atoms with E-state index in [0.717, 1.165) is 23.7 Å². The first-order valence-electron chi connectivity index (χ1n) is 8.55. The normalized spacial score (nSPS) is 11.6. The Morgan fingerprint density at radius 2 is 1.80 bits per heavy atom. The molecule has 5 heteroatoms. The molecule has 25 heavy (non-hydrogen) atoms. The molecule has 0 amide bonds. The SMILES string of the molecule is CCCCCc1ccc(S(=O)(=O)Nc2ccc3ncccc3c2)cc1. The van der Waals surface area contributed by atoms with Crippen LogP contribution in [0.4, 0.5) is 5.69 Å². The molecule has 1 aromatic heterocycles. The maximum atomic E-state index is 12.6. The molecule has 0 atom stereocenters. The third-order valence-corrected chi connectivity index (χ3v) is 5.56. The molecule has 0 saturated heterocycles. The minimum Gasteiger partial charge on any atom is -0.280 e. The van der Waals surface area contributed by atoms with Crippen molar-refractivity contribution in [3.05, 3.63) is 66.4 Å². The van der Waals surface area contributed by atoms with E-state index in [1.807, 2.05) is 30.3 Å². The molecule has 130 valence electrons. The molecule has 1 N–H and O–H groups in total. The Morgan fingerprint density at radius 3 is 2.56 bits per heavy atom. The molecule has 0 radical (unpaired) electrons. The summed E-state index contributed by atoms with van der Waals surface area (Å²) in [4.78, 5) is 4.52. The molecular formula is C20H22N2O2S. The number of unbranched alkanes of at least 4 members (excludes halogenated alkanes) is 2. The Hall–Kier alpha value is -2.40. The van der Waals surface area contributed by atoms with Crippen LogP contribution in [-0.4, -0.2) is 13.4 Å². The van der Waals surface area contributed by atoms with Crippen molar-refractivity contribution in [3.8, 4) is 0 Å². The third kappa shape index (κ3) is 4.37. The third-order valence-electron chi connectivity index (χ3n) is 4.16. The van der Waals surface area contributed by atoms with Crippen LogP contribution in [0.1, 0.15) is 31.7 Å². The van der Waals surface area contributed by atoms with Gasteiger partial charge in [0.05, 0.1) is 10.4 Å². The van der Waals surface area contributed by atoms with Crippen molar-refractivity contribution < 1.29 is 8.42 Å². The summed E-state index contributed by atoms with van der Waals surface area (Å²) in [7, 11) is -3.59. The van der Waals surface area contributed by atoms with Gasteiger partial charge in [-0.15, -0.1) is 0 Å². The van der Waals surface area contributed by atoms with Crippen LogP contribution in [-0.2, 0) is 16.4 Å². The highest BCUT2D eigenvalue weighted by Gasteiger charge is 2.14. The highest BCUT2D eigenvalue weighted by molar-refractivity contribution is 7.92. The number of sulfonamides is 1. The van der Waals surface area contributed by atoms with Crippen LogP contribution in [0, 0.1) is 0 Å². The van der Waals surface area contributed by atoms with Crippen LogP contribution in [0.15, 0.2) is 65.7 Å². The molecule has 0 fully saturated rings. The zero-order chi connectivity index (χ0) is 17.7. The van der Waals surface area contributed by atoms with Gasteiger partial charge in [-0.2, -0.15) is 0 Å². The molecule has 0 aliphatic carbocycles. The van der Waals surface area contributed by atoms with E-state index in [1.165, 1.54) is 18.4 Å². The van der Waals surface area contributed by atoms with Gasteiger partial charge in [-0.25, -0.2) is 8.42 Å². The Bertz CT molecular complexity index is 951. The van der Waals surface area contributed by atoms with E-state index in [-0.39, 0.29) is 4.90 Å². The van der Waals surface area contributed by atoms with Crippen LogP contribution < -0.4 is 4.72 Å². The minimum absolute atomic E-state index is 0.276. The van der Waals surface area contributed by atoms with Crippen LogP contribution in [0.25, 0.3) is 10.9 Å². The molecule has 2 aromatic carbocycles. The van der Waals surface area contributed by atoms with Gasteiger partial charge < -0.3 is 0 Å². The standard InChI is InChI=1S/C20H22N2O2S/c1-2-3-4-6-16-8-11-19(12-9-16)25(23,24)22-18-10-13-20-17(15-18)7-5-14-21-20/h5,7-15,22H,2-4,6H2,1H3. The van der Waals surface area contributed by atoms with Gasteiger partial charge in [0.2, 0.25) is 0 Å². The van der Waals surface area contributed by atoms with Crippen LogP contribution in [0.5, 0.6) is 0 Å². The Labute approximate surface area is 149 Å². The Morgan fingerprint density at radius 1 is 1.00 bits per heavy atom. The fraction of sp³-hybridized carbons (Fsp3) is 0.250. The second-order valence-electron chi connectivity index (χ2n) is 6.12. The summed E-state index contributed by atoms with van der Waals surface area (Å²) < 4.78 is 27.8. The Balaban J connectivity index is 1.76. The van der Waals surface area contributed by atoms with Gasteiger partial charge in [0, 0.05) is 17.3 Å². The summed E-state index contributed by atoms with van der Waals surface area (Å²) >= 11 is 0. The second kappa shape index (κ2) is 7.66. The number of pyridine rings is 1. The summed E-state index contributed by atoms with van der Waals surface area (Å²) in [5.41, 5.74) is 2.54. The smallest absolute Gasteiger partial charge is 0.261 e. The van der Waals surface area contributed by atoms with E-state index in [0.29, 0.717) is 5.69 Å². The van der Waals surface area contributed by atoms with Crippen molar-refractivity contribution in [1.82, 2.24) is 4.98 Å². The summed E-state index contributed by atoms with van der Waals surface area (Å²) in [6, 6.07) is 16.2. The monoisotopic (exact) mass is 354 g/mol. The van der Waals surface area contributed by atoms with E-state index in [2.05, 4.69) is 16.6 Å². The molecule has 4 nitrogen and oxygen atoms in total. The number of anilines is 1. The molecule has 3 aromatic rings. The lowest BCUT2D eigenvalue weighted by Crippen LogP contribution is -2.12. The van der Waals surface area contributed by atoms with Gasteiger partial charge in [0.1, 0.15) is 0 Å². The maximum absolute atomic E-state index is 12.6.